The van der Waals surface area contributed by atoms with Crippen LogP contribution in [0.4, 0.5) is 0 Å². The lowest BCUT2D eigenvalue weighted by Crippen LogP contribution is -2.44. The molecule has 0 aromatic carbocycles. The number of nitrogens with one attached hydrogen (secondary N) is 1. The Morgan fingerprint density at radius 1 is 1.22 bits per heavy atom. The van der Waals surface area contributed by atoms with Crippen LogP contribution in [0.1, 0.15) is 39.5 Å². The van der Waals surface area contributed by atoms with Crippen LogP contribution in [-0.2, 0) is 0 Å². The Bertz CT molecular complexity index is 216. The van der Waals surface area contributed by atoms with E-state index < -0.39 is 0 Å². The molecule has 0 aromatic rings. The van der Waals surface area contributed by atoms with Crippen molar-refractivity contribution in [3.63, 3.8) is 0 Å². The summed E-state index contributed by atoms with van der Waals surface area (Å²) in [7, 11) is 0. The van der Waals surface area contributed by atoms with Crippen molar-refractivity contribution in [1.82, 2.24) is 10.2 Å². The third kappa shape index (κ3) is 6.14. The highest BCUT2D eigenvalue weighted by atomic mass is 16.3. The van der Waals surface area contributed by atoms with Crippen molar-refractivity contribution in [2.75, 3.05) is 39.4 Å². The molecule has 1 fully saturated rings. The molecular formula is C14H30N2O2. The van der Waals surface area contributed by atoms with Gasteiger partial charge in [-0.15, -0.1) is 0 Å². The topological polar surface area (TPSA) is 55.7 Å². The molecule has 108 valence electrons. The van der Waals surface area contributed by atoms with Gasteiger partial charge in [-0.25, -0.2) is 0 Å². The minimum absolute atomic E-state index is 0.165. The van der Waals surface area contributed by atoms with Crippen LogP contribution in [0.25, 0.3) is 0 Å². The van der Waals surface area contributed by atoms with Crippen molar-refractivity contribution >= 4 is 0 Å². The number of hydrogen-bond donors (Lipinski definition) is 3. The summed E-state index contributed by atoms with van der Waals surface area (Å²) < 4.78 is 0. The normalized spacial score (nSPS) is 19.2. The molecule has 1 unspecified atom stereocenters. The minimum atomic E-state index is 0.165. The molecule has 1 aliphatic carbocycles. The van der Waals surface area contributed by atoms with Gasteiger partial charge < -0.3 is 15.5 Å². The van der Waals surface area contributed by atoms with Gasteiger partial charge in [-0.1, -0.05) is 20.3 Å². The van der Waals surface area contributed by atoms with Gasteiger partial charge in [-0.3, -0.25) is 4.90 Å². The quantitative estimate of drug-likeness (QED) is 0.514. The first kappa shape index (κ1) is 15.9. The van der Waals surface area contributed by atoms with Gasteiger partial charge in [-0.05, 0) is 24.7 Å². The second kappa shape index (κ2) is 8.10. The van der Waals surface area contributed by atoms with Gasteiger partial charge in [0.05, 0.1) is 13.2 Å². The third-order valence-electron chi connectivity index (χ3n) is 3.69. The average Bonchev–Trinajstić information content (AvgIpc) is 3.11. The molecule has 4 nitrogen and oxygen atoms in total. The van der Waals surface area contributed by atoms with Crippen molar-refractivity contribution in [3.05, 3.63) is 0 Å². The maximum absolute atomic E-state index is 9.08. The molecule has 1 rings (SSSR count). The molecule has 1 aliphatic rings. The van der Waals surface area contributed by atoms with E-state index >= 15 is 0 Å². The van der Waals surface area contributed by atoms with Crippen molar-refractivity contribution in [1.29, 1.82) is 0 Å². The highest BCUT2D eigenvalue weighted by Crippen LogP contribution is 2.26. The van der Waals surface area contributed by atoms with E-state index in [1.807, 2.05) is 0 Å². The standard InChI is InChI=1S/C14H30N2O2/c1-3-6-14(2,11-15-13-4-5-13)12-16(7-9-17)8-10-18/h13,15,17-18H,3-12H2,1-2H3. The Labute approximate surface area is 111 Å². The fourth-order valence-electron chi connectivity index (χ4n) is 2.60. The molecule has 4 heteroatoms. The van der Waals surface area contributed by atoms with Crippen molar-refractivity contribution < 1.29 is 10.2 Å². The first-order valence-electron chi connectivity index (χ1n) is 7.31. The van der Waals surface area contributed by atoms with E-state index in [0.29, 0.717) is 13.1 Å². The van der Waals surface area contributed by atoms with Gasteiger partial charge in [0.15, 0.2) is 0 Å². The van der Waals surface area contributed by atoms with Crippen LogP contribution in [0.3, 0.4) is 0 Å². The van der Waals surface area contributed by atoms with E-state index in [4.69, 9.17) is 10.2 Å². The van der Waals surface area contributed by atoms with Crippen LogP contribution in [0, 0.1) is 5.41 Å². The van der Waals surface area contributed by atoms with Gasteiger partial charge in [0.1, 0.15) is 0 Å². The van der Waals surface area contributed by atoms with E-state index in [1.165, 1.54) is 25.7 Å². The van der Waals surface area contributed by atoms with E-state index in [-0.39, 0.29) is 18.6 Å². The number of rotatable bonds is 11. The van der Waals surface area contributed by atoms with Crippen molar-refractivity contribution in [2.24, 2.45) is 5.41 Å². The lowest BCUT2D eigenvalue weighted by Gasteiger charge is -2.35. The number of aliphatic hydroxyl groups excluding tert-OH is 2. The zero-order chi connectivity index (χ0) is 13.4. The summed E-state index contributed by atoms with van der Waals surface area (Å²) in [5.41, 5.74) is 0.238. The fourth-order valence-corrected chi connectivity index (χ4v) is 2.60. The Balaban J connectivity index is 2.44. The molecule has 0 saturated heterocycles. The second-order valence-electron chi connectivity index (χ2n) is 5.94. The van der Waals surface area contributed by atoms with E-state index in [0.717, 1.165) is 19.1 Å². The van der Waals surface area contributed by atoms with Crippen LogP contribution in [-0.4, -0.2) is 60.5 Å². The summed E-state index contributed by atoms with van der Waals surface area (Å²) in [4.78, 5) is 2.17. The second-order valence-corrected chi connectivity index (χ2v) is 5.94. The first-order chi connectivity index (χ1) is 8.63. The Hall–Kier alpha value is -0.160. The molecule has 18 heavy (non-hydrogen) atoms. The Kier molecular flexibility index (Phi) is 7.15. The zero-order valence-electron chi connectivity index (χ0n) is 12.0. The molecule has 1 atom stereocenters. The first-order valence-corrected chi connectivity index (χ1v) is 7.31. The molecule has 0 heterocycles. The Morgan fingerprint density at radius 3 is 2.28 bits per heavy atom. The maximum atomic E-state index is 9.08. The molecule has 0 radical (unpaired) electrons. The average molecular weight is 258 g/mol. The summed E-state index contributed by atoms with van der Waals surface area (Å²) >= 11 is 0. The zero-order valence-corrected chi connectivity index (χ0v) is 12.0. The molecule has 0 amide bonds. The van der Waals surface area contributed by atoms with E-state index in [9.17, 15) is 0 Å². The van der Waals surface area contributed by atoms with Gasteiger partial charge in [0, 0.05) is 32.2 Å². The van der Waals surface area contributed by atoms with Gasteiger partial charge >= 0.3 is 0 Å². The number of nitrogens with zero attached hydrogens (tertiary/aromatic N) is 1. The smallest absolute Gasteiger partial charge is 0.0558 e. The van der Waals surface area contributed by atoms with Gasteiger partial charge in [0.25, 0.3) is 0 Å². The lowest BCUT2D eigenvalue weighted by atomic mass is 9.84. The van der Waals surface area contributed by atoms with E-state index in [2.05, 4.69) is 24.1 Å². The maximum Gasteiger partial charge on any atom is 0.0558 e. The summed E-state index contributed by atoms with van der Waals surface area (Å²) in [5, 5.41) is 21.8. The van der Waals surface area contributed by atoms with Crippen LogP contribution in [0.2, 0.25) is 0 Å². The molecular weight excluding hydrogens is 228 g/mol. The number of aliphatic hydroxyl groups is 2. The fraction of sp³-hybridized carbons (Fsp3) is 1.00. The molecule has 1 saturated carbocycles. The molecule has 0 spiro atoms. The van der Waals surface area contributed by atoms with Crippen molar-refractivity contribution in [3.8, 4) is 0 Å². The van der Waals surface area contributed by atoms with Gasteiger partial charge in [0.2, 0.25) is 0 Å². The minimum Gasteiger partial charge on any atom is -0.395 e. The summed E-state index contributed by atoms with van der Waals surface area (Å²) in [5.74, 6) is 0. The summed E-state index contributed by atoms with van der Waals surface area (Å²) in [6, 6.07) is 0.741. The van der Waals surface area contributed by atoms with E-state index in [1.54, 1.807) is 0 Å². The SMILES string of the molecule is CCCC(C)(CNC1CC1)CN(CCO)CCO. The predicted octanol–water partition coefficient (Wildman–Crippen LogP) is 0.831. The summed E-state index contributed by atoms with van der Waals surface area (Å²) in [6.45, 7) is 8.16. The van der Waals surface area contributed by atoms with Gasteiger partial charge in [-0.2, -0.15) is 0 Å². The predicted molar refractivity (Wildman–Crippen MR) is 74.7 cm³/mol. The molecule has 0 aliphatic heterocycles. The summed E-state index contributed by atoms with van der Waals surface area (Å²) in [6.07, 6.45) is 4.99. The number of hydrogen-bond acceptors (Lipinski definition) is 4. The molecule has 0 aromatic heterocycles. The lowest BCUT2D eigenvalue weighted by molar-refractivity contribution is 0.105. The van der Waals surface area contributed by atoms with Crippen molar-refractivity contribution in [2.45, 2.75) is 45.6 Å². The third-order valence-corrected chi connectivity index (χ3v) is 3.69. The van der Waals surface area contributed by atoms with Crippen LogP contribution in [0.15, 0.2) is 0 Å². The Morgan fingerprint density at radius 2 is 1.83 bits per heavy atom. The highest BCUT2D eigenvalue weighted by molar-refractivity contribution is 4.87. The van der Waals surface area contributed by atoms with Crippen LogP contribution < -0.4 is 5.32 Å². The molecule has 3 N–H and O–H groups in total. The van der Waals surface area contributed by atoms with Crippen LogP contribution >= 0.6 is 0 Å². The largest absolute Gasteiger partial charge is 0.395 e. The highest BCUT2D eigenvalue weighted by Gasteiger charge is 2.29. The van der Waals surface area contributed by atoms with Crippen LogP contribution in [0.5, 0.6) is 0 Å². The molecule has 0 bridgehead atoms. The monoisotopic (exact) mass is 258 g/mol.